The molecule has 0 aliphatic carbocycles. The zero-order valence-corrected chi connectivity index (χ0v) is 14.6. The number of halogens is 2. The molecule has 0 bridgehead atoms. The van der Waals surface area contributed by atoms with E-state index in [0.29, 0.717) is 21.3 Å². The van der Waals surface area contributed by atoms with Gasteiger partial charge in [0.05, 0.1) is 21.0 Å². The first-order chi connectivity index (χ1) is 12.2. The number of aromatic nitrogens is 1. The summed E-state index contributed by atoms with van der Waals surface area (Å²) in [6.07, 6.45) is 1.50. The van der Waals surface area contributed by atoms with Crippen LogP contribution in [0.25, 0.3) is 33.2 Å². The maximum Gasteiger partial charge on any atom is 0.234 e. The molecule has 4 rings (SSSR count). The van der Waals surface area contributed by atoms with E-state index in [-0.39, 0.29) is 0 Å². The molecule has 0 spiro atoms. The molecule has 2 nitrogen and oxygen atoms in total. The lowest BCUT2D eigenvalue weighted by atomic mass is 9.96. The number of pyridine rings is 1. The van der Waals surface area contributed by atoms with Gasteiger partial charge in [-0.05, 0) is 29.3 Å². The van der Waals surface area contributed by atoms with Crippen molar-refractivity contribution < 1.29 is 4.73 Å². The van der Waals surface area contributed by atoms with Crippen LogP contribution in [0.3, 0.4) is 0 Å². The quantitative estimate of drug-likeness (QED) is 0.310. The fourth-order valence-electron chi connectivity index (χ4n) is 3.13. The van der Waals surface area contributed by atoms with Crippen LogP contribution in [-0.2, 0) is 0 Å². The van der Waals surface area contributed by atoms with E-state index in [1.165, 1.54) is 6.20 Å². The second kappa shape index (κ2) is 6.40. The predicted molar refractivity (Wildman–Crippen MR) is 104 cm³/mol. The summed E-state index contributed by atoms with van der Waals surface area (Å²) >= 11 is 12.7. The highest BCUT2D eigenvalue weighted by Crippen LogP contribution is 2.38. The van der Waals surface area contributed by atoms with Crippen LogP contribution in [0, 0.1) is 5.21 Å². The smallest absolute Gasteiger partial charge is 0.234 e. The molecule has 4 aromatic rings. The average molecular weight is 366 g/mol. The Morgan fingerprint density at radius 1 is 0.680 bits per heavy atom. The summed E-state index contributed by atoms with van der Waals surface area (Å²) in [6, 6.07) is 23.1. The molecule has 25 heavy (non-hydrogen) atoms. The topological polar surface area (TPSA) is 26.9 Å². The van der Waals surface area contributed by atoms with Crippen molar-refractivity contribution in [1.82, 2.24) is 0 Å². The molecular weight excluding hydrogens is 353 g/mol. The Morgan fingerprint density at radius 3 is 2.08 bits per heavy atom. The van der Waals surface area contributed by atoms with Gasteiger partial charge in [-0.15, -0.1) is 0 Å². The second-order valence-corrected chi connectivity index (χ2v) is 6.53. The molecule has 0 aliphatic heterocycles. The van der Waals surface area contributed by atoms with Gasteiger partial charge in [0.2, 0.25) is 5.69 Å². The fraction of sp³-hybridized carbons (Fsp3) is 0. The number of benzene rings is 3. The third-order valence-corrected chi connectivity index (χ3v) is 4.87. The zero-order valence-electron chi connectivity index (χ0n) is 13.1. The molecule has 4 heteroatoms. The van der Waals surface area contributed by atoms with Crippen molar-refractivity contribution >= 4 is 34.0 Å². The van der Waals surface area contributed by atoms with E-state index in [4.69, 9.17) is 23.2 Å². The highest BCUT2D eigenvalue weighted by atomic mass is 35.5. The number of hydrogen-bond donors (Lipinski definition) is 0. The largest absolute Gasteiger partial charge is 0.618 e. The standard InChI is InChI=1S/C21H13Cl2NO/c22-18-10-5-11-19(23)20(18)21-17-9-4-8-15(14-6-2-1-3-7-14)16(17)12-13-24(21)25/h1-13H. The van der Waals surface area contributed by atoms with E-state index in [2.05, 4.69) is 12.1 Å². The van der Waals surface area contributed by atoms with Crippen LogP contribution in [0.5, 0.6) is 0 Å². The van der Waals surface area contributed by atoms with Gasteiger partial charge in [-0.2, -0.15) is 4.73 Å². The molecule has 0 atom stereocenters. The van der Waals surface area contributed by atoms with Crippen LogP contribution < -0.4 is 4.73 Å². The van der Waals surface area contributed by atoms with Crippen molar-refractivity contribution in [1.29, 1.82) is 0 Å². The van der Waals surface area contributed by atoms with E-state index in [1.54, 1.807) is 18.2 Å². The monoisotopic (exact) mass is 365 g/mol. The SMILES string of the molecule is [O-][n+]1ccc2c(-c3ccccc3)cccc2c1-c1c(Cl)cccc1Cl. The molecule has 0 saturated carbocycles. The molecular formula is C21H13Cl2NO. The van der Waals surface area contributed by atoms with E-state index < -0.39 is 0 Å². The number of fused-ring (bicyclic) bond motifs is 1. The second-order valence-electron chi connectivity index (χ2n) is 5.72. The predicted octanol–water partition coefficient (Wildman–Crippen LogP) is 6.11. The van der Waals surface area contributed by atoms with Crippen molar-refractivity contribution in [3.8, 4) is 22.4 Å². The molecule has 122 valence electrons. The molecule has 0 radical (unpaired) electrons. The molecule has 0 unspecified atom stereocenters. The van der Waals surface area contributed by atoms with E-state index >= 15 is 0 Å². The molecule has 1 heterocycles. The van der Waals surface area contributed by atoms with Crippen LogP contribution in [0.4, 0.5) is 0 Å². The normalized spacial score (nSPS) is 11.0. The maximum absolute atomic E-state index is 12.6. The summed E-state index contributed by atoms with van der Waals surface area (Å²) in [4.78, 5) is 0. The van der Waals surface area contributed by atoms with Crippen LogP contribution in [0.15, 0.2) is 79.0 Å². The summed E-state index contributed by atoms with van der Waals surface area (Å²) < 4.78 is 0.824. The Morgan fingerprint density at radius 2 is 1.36 bits per heavy atom. The van der Waals surface area contributed by atoms with Gasteiger partial charge in [0.15, 0.2) is 6.20 Å². The maximum atomic E-state index is 12.6. The van der Waals surface area contributed by atoms with Crippen LogP contribution in [-0.4, -0.2) is 0 Å². The lowest BCUT2D eigenvalue weighted by molar-refractivity contribution is -0.592. The third-order valence-electron chi connectivity index (χ3n) is 4.24. The van der Waals surface area contributed by atoms with E-state index in [0.717, 1.165) is 26.6 Å². The Labute approximate surface area is 155 Å². The minimum Gasteiger partial charge on any atom is -0.618 e. The van der Waals surface area contributed by atoms with E-state index in [9.17, 15) is 5.21 Å². The Balaban J connectivity index is 2.09. The number of nitrogens with zero attached hydrogens (tertiary/aromatic N) is 1. The summed E-state index contributed by atoms with van der Waals surface area (Å²) in [5.74, 6) is 0. The molecule has 0 saturated heterocycles. The van der Waals surface area contributed by atoms with Crippen molar-refractivity contribution in [2.75, 3.05) is 0 Å². The summed E-state index contributed by atoms with van der Waals surface area (Å²) in [5.41, 5.74) is 3.17. The fourth-order valence-corrected chi connectivity index (χ4v) is 3.70. The van der Waals surface area contributed by atoms with Crippen molar-refractivity contribution in [2.45, 2.75) is 0 Å². The number of rotatable bonds is 2. The summed E-state index contributed by atoms with van der Waals surface area (Å²) in [6.45, 7) is 0. The van der Waals surface area contributed by atoms with Gasteiger partial charge in [0.25, 0.3) is 0 Å². The molecule has 0 amide bonds. The summed E-state index contributed by atoms with van der Waals surface area (Å²) in [5, 5.41) is 15.3. The van der Waals surface area contributed by atoms with Crippen molar-refractivity contribution in [3.63, 3.8) is 0 Å². The number of hydrogen-bond acceptors (Lipinski definition) is 1. The highest BCUT2D eigenvalue weighted by molar-refractivity contribution is 6.39. The molecule has 1 aromatic heterocycles. The first-order valence-electron chi connectivity index (χ1n) is 7.81. The molecule has 0 aliphatic rings. The minimum absolute atomic E-state index is 0.453. The first kappa shape index (κ1) is 15.9. The molecule has 0 fully saturated rings. The lowest BCUT2D eigenvalue weighted by Gasteiger charge is -2.13. The van der Waals surface area contributed by atoms with Gasteiger partial charge in [0.1, 0.15) is 0 Å². The highest BCUT2D eigenvalue weighted by Gasteiger charge is 2.21. The summed E-state index contributed by atoms with van der Waals surface area (Å²) in [7, 11) is 0. The molecule has 0 N–H and O–H groups in total. The average Bonchev–Trinajstić information content (AvgIpc) is 2.63. The van der Waals surface area contributed by atoms with Gasteiger partial charge >= 0.3 is 0 Å². The molecule has 3 aromatic carbocycles. The zero-order chi connectivity index (χ0) is 17.4. The Kier molecular flexibility index (Phi) is 4.08. The van der Waals surface area contributed by atoms with Gasteiger partial charge < -0.3 is 5.21 Å². The van der Waals surface area contributed by atoms with Crippen LogP contribution >= 0.6 is 23.2 Å². The van der Waals surface area contributed by atoms with Gasteiger partial charge in [-0.1, -0.05) is 71.7 Å². The lowest BCUT2D eigenvalue weighted by Crippen LogP contribution is -2.28. The minimum atomic E-state index is 0.453. The Bertz CT molecular complexity index is 1060. The van der Waals surface area contributed by atoms with Crippen LogP contribution in [0.2, 0.25) is 10.0 Å². The van der Waals surface area contributed by atoms with Gasteiger partial charge in [0, 0.05) is 11.5 Å². The Hall–Kier alpha value is -2.55. The van der Waals surface area contributed by atoms with Gasteiger partial charge in [-0.25, -0.2) is 0 Å². The third kappa shape index (κ3) is 2.74. The van der Waals surface area contributed by atoms with Crippen molar-refractivity contribution in [2.24, 2.45) is 0 Å². The van der Waals surface area contributed by atoms with Crippen molar-refractivity contribution in [3.05, 3.63) is 94.2 Å². The van der Waals surface area contributed by atoms with E-state index in [1.807, 2.05) is 42.5 Å². The first-order valence-corrected chi connectivity index (χ1v) is 8.57. The van der Waals surface area contributed by atoms with Crippen LogP contribution in [0.1, 0.15) is 0 Å². The van der Waals surface area contributed by atoms with Gasteiger partial charge in [-0.3, -0.25) is 0 Å².